The highest BCUT2D eigenvalue weighted by Gasteiger charge is 2.16. The summed E-state index contributed by atoms with van der Waals surface area (Å²) in [5, 5.41) is 16.7. The van der Waals surface area contributed by atoms with Crippen molar-refractivity contribution in [2.75, 3.05) is 12.9 Å². The van der Waals surface area contributed by atoms with Crippen molar-refractivity contribution in [2.24, 2.45) is 0 Å². The fourth-order valence-corrected chi connectivity index (χ4v) is 3.85. The normalized spacial score (nSPS) is 10.9. The van der Waals surface area contributed by atoms with Gasteiger partial charge in [0.1, 0.15) is 5.75 Å². The first-order valence-corrected chi connectivity index (χ1v) is 10.1. The van der Waals surface area contributed by atoms with E-state index >= 15 is 0 Å². The average molecular weight is 392 g/mol. The van der Waals surface area contributed by atoms with E-state index in [0.717, 1.165) is 46.6 Å². The Balaban J connectivity index is 1.58. The number of ether oxygens (including phenoxy) is 1. The molecule has 2 aromatic heterocycles. The number of aryl methyl sites for hydroxylation is 1. The van der Waals surface area contributed by atoms with E-state index in [1.165, 1.54) is 5.56 Å². The molecule has 0 aliphatic carbocycles. The molecule has 0 amide bonds. The topological polar surface area (TPSA) is 68.6 Å². The molecule has 2 aromatic carbocycles. The van der Waals surface area contributed by atoms with E-state index in [2.05, 4.69) is 37.1 Å². The number of rotatable bonds is 8. The van der Waals surface area contributed by atoms with Gasteiger partial charge in [-0.15, -0.1) is 10.2 Å². The zero-order chi connectivity index (χ0) is 19.2. The number of hydrogen-bond donors (Lipinski definition) is 1. The smallest absolute Gasteiger partial charge is 0.196 e. The molecule has 2 heterocycles. The summed E-state index contributed by atoms with van der Waals surface area (Å²) >= 11 is 1.72. The van der Waals surface area contributed by atoms with Crippen LogP contribution in [0.2, 0.25) is 0 Å². The van der Waals surface area contributed by atoms with E-state index in [1.807, 2.05) is 54.9 Å². The van der Waals surface area contributed by atoms with Crippen molar-refractivity contribution in [3.63, 3.8) is 0 Å². The van der Waals surface area contributed by atoms with Crippen LogP contribution in [0.15, 0.2) is 72.1 Å². The molecular weight excluding hydrogens is 370 g/mol. The highest BCUT2D eigenvalue weighted by Crippen LogP contribution is 2.29. The number of para-hydroxylation sites is 1. The van der Waals surface area contributed by atoms with Crippen molar-refractivity contribution >= 4 is 11.8 Å². The molecule has 0 unspecified atom stereocenters. The Hall–Kier alpha value is -3.06. The molecule has 4 rings (SSSR count). The van der Waals surface area contributed by atoms with Gasteiger partial charge in [-0.1, -0.05) is 30.0 Å². The summed E-state index contributed by atoms with van der Waals surface area (Å²) < 4.78 is 7.38. The molecule has 0 spiro atoms. The molecule has 0 saturated carbocycles. The van der Waals surface area contributed by atoms with E-state index in [1.54, 1.807) is 18.9 Å². The minimum absolute atomic E-state index is 0.823. The SMILES string of the molecule is COc1ccc(-c2nnc(SCCCc3cn[nH]c3)n2-c2ccccc2)cc1. The fourth-order valence-electron chi connectivity index (χ4n) is 2.95. The second kappa shape index (κ2) is 8.75. The van der Waals surface area contributed by atoms with Crippen molar-refractivity contribution in [1.82, 2.24) is 25.0 Å². The molecule has 0 radical (unpaired) electrons. The second-order valence-electron chi connectivity index (χ2n) is 6.26. The Labute approximate surface area is 168 Å². The highest BCUT2D eigenvalue weighted by atomic mass is 32.2. The molecule has 0 aliphatic heterocycles. The summed E-state index contributed by atoms with van der Waals surface area (Å²) in [4.78, 5) is 0. The lowest BCUT2D eigenvalue weighted by molar-refractivity contribution is 0.415. The Bertz CT molecular complexity index is 997. The number of nitrogens with zero attached hydrogens (tertiary/aromatic N) is 4. The van der Waals surface area contributed by atoms with Gasteiger partial charge in [0.15, 0.2) is 11.0 Å². The number of H-pyrrole nitrogens is 1. The molecule has 7 heteroatoms. The first-order valence-electron chi connectivity index (χ1n) is 9.11. The Morgan fingerprint density at radius 2 is 1.86 bits per heavy atom. The van der Waals surface area contributed by atoms with Crippen LogP contribution >= 0.6 is 11.8 Å². The van der Waals surface area contributed by atoms with Gasteiger partial charge in [-0.2, -0.15) is 5.10 Å². The predicted molar refractivity (Wildman–Crippen MR) is 111 cm³/mol. The van der Waals surface area contributed by atoms with E-state index in [4.69, 9.17) is 4.74 Å². The first-order chi connectivity index (χ1) is 13.8. The molecular formula is C21H21N5OS. The number of nitrogens with one attached hydrogen (secondary N) is 1. The van der Waals surface area contributed by atoms with Crippen LogP contribution in [-0.2, 0) is 6.42 Å². The second-order valence-corrected chi connectivity index (χ2v) is 7.33. The van der Waals surface area contributed by atoms with Gasteiger partial charge < -0.3 is 4.74 Å². The average Bonchev–Trinajstić information content (AvgIpc) is 3.42. The highest BCUT2D eigenvalue weighted by molar-refractivity contribution is 7.99. The third-order valence-electron chi connectivity index (χ3n) is 4.39. The fraction of sp³-hybridized carbons (Fsp3) is 0.190. The maximum atomic E-state index is 5.27. The van der Waals surface area contributed by atoms with Crippen molar-refractivity contribution in [3.05, 3.63) is 72.6 Å². The van der Waals surface area contributed by atoms with Crippen LogP contribution < -0.4 is 4.74 Å². The molecule has 0 atom stereocenters. The predicted octanol–water partition coefficient (Wildman–Crippen LogP) is 4.39. The van der Waals surface area contributed by atoms with Crippen molar-refractivity contribution in [2.45, 2.75) is 18.0 Å². The molecule has 0 aliphatic rings. The van der Waals surface area contributed by atoms with Gasteiger partial charge in [-0.05, 0) is 54.8 Å². The largest absolute Gasteiger partial charge is 0.497 e. The van der Waals surface area contributed by atoms with Crippen molar-refractivity contribution in [3.8, 4) is 22.8 Å². The Kier molecular flexibility index (Phi) is 5.72. The van der Waals surface area contributed by atoms with Gasteiger partial charge in [-0.25, -0.2) is 0 Å². The number of methoxy groups -OCH3 is 1. The monoisotopic (exact) mass is 391 g/mol. The molecule has 0 fully saturated rings. The van der Waals surface area contributed by atoms with E-state index in [9.17, 15) is 0 Å². The molecule has 6 nitrogen and oxygen atoms in total. The van der Waals surface area contributed by atoms with Gasteiger partial charge in [-0.3, -0.25) is 9.67 Å². The molecule has 1 N–H and O–H groups in total. The quantitative estimate of drug-likeness (QED) is 0.356. The lowest BCUT2D eigenvalue weighted by atomic mass is 10.2. The lowest BCUT2D eigenvalue weighted by Crippen LogP contribution is -2.00. The van der Waals surface area contributed by atoms with Crippen LogP contribution in [0.5, 0.6) is 5.75 Å². The number of hydrogen-bond acceptors (Lipinski definition) is 5. The minimum Gasteiger partial charge on any atom is -0.497 e. The standard InChI is InChI=1S/C21H21N5OS/c1-27-19-11-9-17(10-12-19)20-24-25-21(26(20)18-7-3-2-4-8-18)28-13-5-6-16-14-22-23-15-16/h2-4,7-12,14-15H,5-6,13H2,1H3,(H,22,23). The number of thioether (sulfide) groups is 1. The zero-order valence-corrected chi connectivity index (χ0v) is 16.4. The molecule has 4 aromatic rings. The van der Waals surface area contributed by atoms with Gasteiger partial charge in [0, 0.05) is 23.2 Å². The summed E-state index contributed by atoms with van der Waals surface area (Å²) in [7, 11) is 1.67. The summed E-state index contributed by atoms with van der Waals surface area (Å²) in [6.45, 7) is 0. The summed E-state index contributed by atoms with van der Waals surface area (Å²) in [5.74, 6) is 2.60. The molecule has 142 valence electrons. The van der Waals surface area contributed by atoms with E-state index in [0.29, 0.717) is 0 Å². The van der Waals surface area contributed by atoms with Gasteiger partial charge in [0.05, 0.1) is 13.3 Å². The first kappa shape index (κ1) is 18.3. The molecule has 0 saturated heterocycles. The third-order valence-corrected chi connectivity index (χ3v) is 5.41. The van der Waals surface area contributed by atoms with Gasteiger partial charge in [0.25, 0.3) is 0 Å². The van der Waals surface area contributed by atoms with Crippen LogP contribution in [0.4, 0.5) is 0 Å². The number of benzene rings is 2. The van der Waals surface area contributed by atoms with E-state index in [-0.39, 0.29) is 0 Å². The van der Waals surface area contributed by atoms with Crippen LogP contribution in [0, 0.1) is 0 Å². The zero-order valence-electron chi connectivity index (χ0n) is 15.6. The summed E-state index contributed by atoms with van der Waals surface area (Å²) in [6, 6.07) is 18.1. The summed E-state index contributed by atoms with van der Waals surface area (Å²) in [6.07, 6.45) is 5.86. The van der Waals surface area contributed by atoms with E-state index < -0.39 is 0 Å². The summed E-state index contributed by atoms with van der Waals surface area (Å²) in [5.41, 5.74) is 3.28. The molecule has 0 bridgehead atoms. The van der Waals surface area contributed by atoms with Crippen LogP contribution in [0.25, 0.3) is 17.1 Å². The van der Waals surface area contributed by atoms with Crippen molar-refractivity contribution in [1.29, 1.82) is 0 Å². The maximum absolute atomic E-state index is 5.27. The van der Waals surface area contributed by atoms with Crippen LogP contribution in [0.3, 0.4) is 0 Å². The Morgan fingerprint density at radius 1 is 1.04 bits per heavy atom. The Morgan fingerprint density at radius 3 is 2.57 bits per heavy atom. The van der Waals surface area contributed by atoms with Gasteiger partial charge in [0.2, 0.25) is 0 Å². The third kappa shape index (κ3) is 4.09. The lowest BCUT2D eigenvalue weighted by Gasteiger charge is -2.10. The van der Waals surface area contributed by atoms with Crippen LogP contribution in [0.1, 0.15) is 12.0 Å². The number of aromatic amines is 1. The molecule has 28 heavy (non-hydrogen) atoms. The maximum Gasteiger partial charge on any atom is 0.196 e. The van der Waals surface area contributed by atoms with Gasteiger partial charge >= 0.3 is 0 Å². The van der Waals surface area contributed by atoms with Crippen LogP contribution in [-0.4, -0.2) is 37.8 Å². The van der Waals surface area contributed by atoms with Crippen molar-refractivity contribution < 1.29 is 4.74 Å². The minimum atomic E-state index is 0.823. The number of aromatic nitrogens is 5.